The first-order valence-electron chi connectivity index (χ1n) is 13.2. The van der Waals surface area contributed by atoms with E-state index in [0.717, 1.165) is 16.3 Å². The lowest BCUT2D eigenvalue weighted by Crippen LogP contribution is -2.29. The van der Waals surface area contributed by atoms with Gasteiger partial charge in [0, 0.05) is 11.3 Å². The number of hydrogen-bond donors (Lipinski definition) is 1. The van der Waals surface area contributed by atoms with Crippen molar-refractivity contribution in [3.05, 3.63) is 113 Å². The Morgan fingerprint density at radius 2 is 1.49 bits per heavy atom. The Morgan fingerprint density at radius 3 is 2.10 bits per heavy atom. The molecule has 0 spiro atoms. The van der Waals surface area contributed by atoms with Crippen LogP contribution in [-0.2, 0) is 15.0 Å². The standard InChI is InChI=1S/C34H33NO4/c1-21(2)39-28-18-12-23(13-19-28)30-29(31(36)25-11-10-22-8-6-7-9-24(22)20-25)32(37)33(38)35(30)27-16-14-26(15-17-27)34(3,4)5/h6-21,30,36H,1-5H3/b31-29-. The van der Waals surface area contributed by atoms with E-state index in [1.807, 2.05) is 98.8 Å². The number of fused-ring (bicyclic) bond motifs is 1. The Labute approximate surface area is 229 Å². The second kappa shape index (κ2) is 10.1. The summed E-state index contributed by atoms with van der Waals surface area (Å²) in [6.07, 6.45) is 0.00993. The Kier molecular flexibility index (Phi) is 6.77. The lowest BCUT2D eigenvalue weighted by molar-refractivity contribution is -0.132. The molecule has 1 unspecified atom stereocenters. The van der Waals surface area contributed by atoms with Crippen LogP contribution in [0.25, 0.3) is 16.5 Å². The minimum Gasteiger partial charge on any atom is -0.507 e. The summed E-state index contributed by atoms with van der Waals surface area (Å²) < 4.78 is 5.81. The molecule has 1 saturated heterocycles. The fourth-order valence-electron chi connectivity index (χ4n) is 5.03. The highest BCUT2D eigenvalue weighted by Gasteiger charge is 2.47. The first-order chi connectivity index (χ1) is 18.5. The molecule has 1 atom stereocenters. The number of Topliss-reactive ketones (excluding diaryl/α,β-unsaturated/α-hetero) is 1. The molecule has 0 aliphatic carbocycles. The molecule has 4 aromatic rings. The van der Waals surface area contributed by atoms with Crippen molar-refractivity contribution in [2.24, 2.45) is 0 Å². The number of ketones is 1. The van der Waals surface area contributed by atoms with E-state index < -0.39 is 17.7 Å². The third-order valence-electron chi connectivity index (χ3n) is 7.05. The van der Waals surface area contributed by atoms with Crippen LogP contribution in [0.2, 0.25) is 0 Å². The monoisotopic (exact) mass is 519 g/mol. The van der Waals surface area contributed by atoms with Gasteiger partial charge in [0.05, 0.1) is 17.7 Å². The zero-order valence-electron chi connectivity index (χ0n) is 22.9. The molecule has 0 bridgehead atoms. The van der Waals surface area contributed by atoms with Crippen molar-refractivity contribution in [3.8, 4) is 5.75 Å². The summed E-state index contributed by atoms with van der Waals surface area (Å²) in [4.78, 5) is 28.6. The zero-order valence-corrected chi connectivity index (χ0v) is 22.9. The molecule has 5 heteroatoms. The minimum absolute atomic E-state index is 0.00993. The molecule has 1 aliphatic rings. The minimum atomic E-state index is -0.801. The van der Waals surface area contributed by atoms with Crippen LogP contribution in [0.3, 0.4) is 0 Å². The highest BCUT2D eigenvalue weighted by atomic mass is 16.5. The maximum absolute atomic E-state index is 13.6. The van der Waals surface area contributed by atoms with Crippen molar-refractivity contribution in [1.82, 2.24) is 0 Å². The lowest BCUT2D eigenvalue weighted by atomic mass is 9.87. The number of hydrogen-bond acceptors (Lipinski definition) is 4. The van der Waals surface area contributed by atoms with E-state index in [1.54, 1.807) is 6.07 Å². The first-order valence-corrected chi connectivity index (χ1v) is 13.2. The highest BCUT2D eigenvalue weighted by Crippen LogP contribution is 2.43. The third-order valence-corrected chi connectivity index (χ3v) is 7.05. The van der Waals surface area contributed by atoms with E-state index in [9.17, 15) is 14.7 Å². The number of carbonyl (C=O) groups is 2. The normalized spacial score (nSPS) is 17.3. The molecule has 0 aromatic heterocycles. The van der Waals surface area contributed by atoms with E-state index in [-0.39, 0.29) is 22.9 Å². The molecular formula is C34H33NO4. The number of amides is 1. The number of benzene rings is 4. The van der Waals surface area contributed by atoms with Gasteiger partial charge in [0.1, 0.15) is 11.5 Å². The van der Waals surface area contributed by atoms with Gasteiger partial charge in [0.25, 0.3) is 11.7 Å². The third kappa shape index (κ3) is 5.05. The number of ether oxygens (including phenoxy) is 1. The van der Waals surface area contributed by atoms with Gasteiger partial charge in [-0.25, -0.2) is 0 Å². The maximum atomic E-state index is 13.6. The number of anilines is 1. The van der Waals surface area contributed by atoms with Gasteiger partial charge in [-0.15, -0.1) is 0 Å². The summed E-state index contributed by atoms with van der Waals surface area (Å²) in [5, 5.41) is 13.5. The van der Waals surface area contributed by atoms with E-state index in [0.29, 0.717) is 22.6 Å². The van der Waals surface area contributed by atoms with Crippen molar-refractivity contribution in [2.45, 2.75) is 52.2 Å². The van der Waals surface area contributed by atoms with E-state index in [2.05, 4.69) is 20.8 Å². The molecule has 5 rings (SSSR count). The number of aliphatic hydroxyl groups excluding tert-OH is 1. The molecule has 1 heterocycles. The molecule has 5 nitrogen and oxygen atoms in total. The molecule has 39 heavy (non-hydrogen) atoms. The van der Waals surface area contributed by atoms with Crippen molar-refractivity contribution in [3.63, 3.8) is 0 Å². The quantitative estimate of drug-likeness (QED) is 0.168. The second-order valence-corrected chi connectivity index (χ2v) is 11.3. The van der Waals surface area contributed by atoms with Gasteiger partial charge in [0.2, 0.25) is 0 Å². The van der Waals surface area contributed by atoms with Crippen molar-refractivity contribution in [1.29, 1.82) is 0 Å². The highest BCUT2D eigenvalue weighted by molar-refractivity contribution is 6.51. The zero-order chi connectivity index (χ0) is 27.9. The van der Waals surface area contributed by atoms with Gasteiger partial charge < -0.3 is 9.84 Å². The van der Waals surface area contributed by atoms with Crippen LogP contribution in [-0.4, -0.2) is 22.9 Å². The molecule has 1 amide bonds. The van der Waals surface area contributed by atoms with Gasteiger partial charge >= 0.3 is 0 Å². The molecule has 0 saturated carbocycles. The second-order valence-electron chi connectivity index (χ2n) is 11.3. The molecule has 4 aromatic carbocycles. The molecule has 1 fully saturated rings. The van der Waals surface area contributed by atoms with Crippen molar-refractivity contribution < 1.29 is 19.4 Å². The van der Waals surface area contributed by atoms with Crippen molar-refractivity contribution >= 4 is 33.9 Å². The summed E-state index contributed by atoms with van der Waals surface area (Å²) in [6.45, 7) is 10.3. The maximum Gasteiger partial charge on any atom is 0.300 e. The van der Waals surface area contributed by atoms with Gasteiger partial charge in [-0.05, 0) is 71.5 Å². The lowest BCUT2D eigenvalue weighted by Gasteiger charge is -2.27. The smallest absolute Gasteiger partial charge is 0.300 e. The Hall–Kier alpha value is -4.38. The predicted octanol–water partition coefficient (Wildman–Crippen LogP) is 7.55. The average molecular weight is 520 g/mol. The van der Waals surface area contributed by atoms with E-state index in [1.165, 1.54) is 4.90 Å². The molecule has 198 valence electrons. The number of carbonyl (C=O) groups excluding carboxylic acids is 2. The van der Waals surface area contributed by atoms with Gasteiger partial charge in [-0.3, -0.25) is 14.5 Å². The van der Waals surface area contributed by atoms with E-state index >= 15 is 0 Å². The van der Waals surface area contributed by atoms with Gasteiger partial charge in [-0.1, -0.05) is 81.4 Å². The van der Waals surface area contributed by atoms with Crippen LogP contribution >= 0.6 is 0 Å². The van der Waals surface area contributed by atoms with Gasteiger partial charge in [-0.2, -0.15) is 0 Å². The Balaban J connectivity index is 1.66. The summed E-state index contributed by atoms with van der Waals surface area (Å²) >= 11 is 0. The number of rotatable bonds is 5. The first kappa shape index (κ1) is 26.2. The Bertz CT molecular complexity index is 1570. The molecule has 1 aliphatic heterocycles. The molecule has 0 radical (unpaired) electrons. The molecular weight excluding hydrogens is 486 g/mol. The van der Waals surface area contributed by atoms with Crippen LogP contribution in [0, 0.1) is 0 Å². The van der Waals surface area contributed by atoms with Crippen LogP contribution < -0.4 is 9.64 Å². The fourth-order valence-corrected chi connectivity index (χ4v) is 5.03. The van der Waals surface area contributed by atoms with Crippen LogP contribution in [0.5, 0.6) is 5.75 Å². The SMILES string of the molecule is CC(C)Oc1ccc(C2/C(=C(/O)c3ccc4ccccc4c3)C(=O)C(=O)N2c2ccc(C(C)(C)C)cc2)cc1. The summed E-state index contributed by atoms with van der Waals surface area (Å²) in [5.41, 5.74) is 2.90. The summed E-state index contributed by atoms with van der Waals surface area (Å²) in [6, 6.07) is 27.6. The fraction of sp³-hybridized carbons (Fsp3) is 0.235. The molecule has 1 N–H and O–H groups in total. The number of nitrogens with zero attached hydrogens (tertiary/aromatic N) is 1. The largest absolute Gasteiger partial charge is 0.507 e. The Morgan fingerprint density at radius 1 is 0.846 bits per heavy atom. The van der Waals surface area contributed by atoms with Crippen molar-refractivity contribution in [2.75, 3.05) is 4.90 Å². The summed E-state index contributed by atoms with van der Waals surface area (Å²) in [5.74, 6) is -0.892. The van der Waals surface area contributed by atoms with Crippen LogP contribution in [0.1, 0.15) is 57.4 Å². The van der Waals surface area contributed by atoms with E-state index in [4.69, 9.17) is 4.74 Å². The number of aliphatic hydroxyl groups is 1. The topological polar surface area (TPSA) is 66.8 Å². The average Bonchev–Trinajstić information content (AvgIpc) is 3.17. The van der Waals surface area contributed by atoms with Crippen LogP contribution in [0.4, 0.5) is 5.69 Å². The van der Waals surface area contributed by atoms with Crippen LogP contribution in [0.15, 0.2) is 96.6 Å². The van der Waals surface area contributed by atoms with Gasteiger partial charge in [0.15, 0.2) is 0 Å². The summed E-state index contributed by atoms with van der Waals surface area (Å²) in [7, 11) is 0. The predicted molar refractivity (Wildman–Crippen MR) is 156 cm³/mol.